The lowest BCUT2D eigenvalue weighted by molar-refractivity contribution is -0.140. The van der Waals surface area contributed by atoms with E-state index in [-0.39, 0.29) is 130 Å². The van der Waals surface area contributed by atoms with Gasteiger partial charge in [0.2, 0.25) is 17.8 Å². The summed E-state index contributed by atoms with van der Waals surface area (Å²) in [5, 5.41) is 0. The molecule has 1 aromatic rings. The molecule has 0 aliphatic rings. The third-order valence-corrected chi connectivity index (χ3v) is 7.11. The van der Waals surface area contributed by atoms with Crippen LogP contribution in [0.2, 0.25) is 0 Å². The molecule has 0 fully saturated rings. The highest BCUT2D eigenvalue weighted by molar-refractivity contribution is 5.89. The zero-order valence-corrected chi connectivity index (χ0v) is 33.8. The summed E-state index contributed by atoms with van der Waals surface area (Å²) in [5.74, 6) is -3.84. The summed E-state index contributed by atoms with van der Waals surface area (Å²) in [6.45, 7) is 29.5. The molecule has 312 valence electrons. The zero-order chi connectivity index (χ0) is 43.2. The Morgan fingerprint density at radius 3 is 0.614 bits per heavy atom. The summed E-state index contributed by atoms with van der Waals surface area (Å²) >= 11 is 0. The summed E-state index contributed by atoms with van der Waals surface area (Å²) < 4.78 is 32.0. The van der Waals surface area contributed by atoms with Gasteiger partial charge < -0.3 is 43.1 Å². The van der Waals surface area contributed by atoms with Crippen molar-refractivity contribution < 1.29 is 57.2 Å². The molecular weight excluding hydrogens is 744 g/mol. The van der Waals surface area contributed by atoms with Gasteiger partial charge in [-0.25, -0.2) is 28.8 Å². The predicted octanol–water partition coefficient (Wildman–Crippen LogP) is 3.01. The average molecular weight is 799 g/mol. The number of rotatable bonds is 27. The van der Waals surface area contributed by atoms with Gasteiger partial charge >= 0.3 is 35.8 Å². The van der Waals surface area contributed by atoms with Gasteiger partial charge in [0.25, 0.3) is 0 Å². The average Bonchev–Trinajstić information content (AvgIpc) is 3.14. The second-order valence-corrected chi connectivity index (χ2v) is 12.7. The number of nitrogens with zero attached hydrogens (tertiary/aromatic N) is 6. The number of aromatic nitrogens is 3. The van der Waals surface area contributed by atoms with Crippen molar-refractivity contribution in [3.63, 3.8) is 0 Å². The Kier molecular flexibility index (Phi) is 21.3. The van der Waals surface area contributed by atoms with Crippen molar-refractivity contribution in [3.05, 3.63) is 72.9 Å². The largest absolute Gasteiger partial charge is 0.460 e. The van der Waals surface area contributed by atoms with Crippen molar-refractivity contribution in [2.24, 2.45) is 0 Å². The molecule has 0 aromatic carbocycles. The van der Waals surface area contributed by atoms with E-state index in [2.05, 4.69) is 54.4 Å². The minimum Gasteiger partial charge on any atom is -0.460 e. The van der Waals surface area contributed by atoms with Crippen LogP contribution in [0.5, 0.6) is 0 Å². The van der Waals surface area contributed by atoms with Crippen LogP contribution in [0.3, 0.4) is 0 Å². The Morgan fingerprint density at radius 2 is 0.491 bits per heavy atom. The van der Waals surface area contributed by atoms with Gasteiger partial charge in [0.1, 0.15) is 39.6 Å². The van der Waals surface area contributed by atoms with Gasteiger partial charge in [-0.2, -0.15) is 15.0 Å². The molecule has 0 aliphatic carbocycles. The molecule has 0 amide bonds. The molecule has 0 atom stereocenters. The summed E-state index contributed by atoms with van der Waals surface area (Å²) in [7, 11) is 0. The molecule has 18 nitrogen and oxygen atoms in total. The molecular formula is C39H54N6O12. The normalized spacial score (nSPS) is 10.2. The van der Waals surface area contributed by atoms with Crippen molar-refractivity contribution in [2.75, 3.05) is 93.6 Å². The topological polar surface area (TPSA) is 206 Å². The first-order chi connectivity index (χ1) is 26.7. The molecule has 0 aliphatic heterocycles. The summed E-state index contributed by atoms with van der Waals surface area (Å²) in [6.07, 6.45) is 0. The first-order valence-electron chi connectivity index (χ1n) is 17.7. The van der Waals surface area contributed by atoms with Gasteiger partial charge in [-0.3, -0.25) is 0 Å². The van der Waals surface area contributed by atoms with E-state index in [9.17, 15) is 28.8 Å². The minimum absolute atomic E-state index is 0.00142. The van der Waals surface area contributed by atoms with E-state index in [1.165, 1.54) is 41.5 Å². The number of carbonyl (C=O) groups excluding carboxylic acids is 6. The van der Waals surface area contributed by atoms with Gasteiger partial charge in [0.05, 0.1) is 39.3 Å². The number of carbonyl (C=O) groups is 6. The fourth-order valence-corrected chi connectivity index (χ4v) is 3.93. The lowest BCUT2D eigenvalue weighted by Crippen LogP contribution is -2.39. The van der Waals surface area contributed by atoms with E-state index < -0.39 is 35.8 Å². The van der Waals surface area contributed by atoms with E-state index in [1.807, 2.05) is 0 Å². The lowest BCUT2D eigenvalue weighted by atomic mass is 10.3. The summed E-state index contributed by atoms with van der Waals surface area (Å²) in [5.41, 5.74) is 1.04. The Labute approximate surface area is 333 Å². The maximum atomic E-state index is 12.2. The van der Waals surface area contributed by atoms with Crippen LogP contribution >= 0.6 is 0 Å². The molecule has 1 aromatic heterocycles. The lowest BCUT2D eigenvalue weighted by Gasteiger charge is -2.29. The molecule has 0 N–H and O–H groups in total. The number of anilines is 3. The molecule has 18 heteroatoms. The van der Waals surface area contributed by atoms with Crippen LogP contribution < -0.4 is 14.7 Å². The standard InChI is InChI=1S/C39H54N6O12/c1-25(2)31(46)52-19-13-43(14-20-53-32(47)26(3)4)37-40-38(44(15-21-54-33(48)27(5)6)16-22-55-34(49)28(7)8)42-39(41-37)45(17-23-56-35(50)29(9)10)18-24-57-36(51)30(11)12/h1,3,5,7,9,11,13-24H2,2,4,6,8,10,12H3. The first kappa shape index (κ1) is 48.7. The van der Waals surface area contributed by atoms with Gasteiger partial charge in [0.15, 0.2) is 0 Å². The quantitative estimate of drug-likeness (QED) is 0.0712. The van der Waals surface area contributed by atoms with Crippen molar-refractivity contribution >= 4 is 53.7 Å². The second-order valence-electron chi connectivity index (χ2n) is 12.7. The number of esters is 6. The minimum atomic E-state index is -0.639. The predicted molar refractivity (Wildman–Crippen MR) is 211 cm³/mol. The highest BCUT2D eigenvalue weighted by Gasteiger charge is 2.23. The molecule has 0 spiro atoms. The fourth-order valence-electron chi connectivity index (χ4n) is 3.93. The smallest absolute Gasteiger partial charge is 0.333 e. The molecule has 0 bridgehead atoms. The maximum absolute atomic E-state index is 12.2. The maximum Gasteiger partial charge on any atom is 0.333 e. The molecule has 0 unspecified atom stereocenters. The van der Waals surface area contributed by atoms with Crippen molar-refractivity contribution in [3.8, 4) is 0 Å². The van der Waals surface area contributed by atoms with Gasteiger partial charge in [-0.05, 0) is 41.5 Å². The van der Waals surface area contributed by atoms with Crippen LogP contribution in [-0.4, -0.2) is 130 Å². The fraction of sp³-hybridized carbons (Fsp3) is 0.462. The third kappa shape index (κ3) is 18.7. The van der Waals surface area contributed by atoms with Crippen LogP contribution in [0.1, 0.15) is 41.5 Å². The van der Waals surface area contributed by atoms with Gasteiger partial charge in [-0.15, -0.1) is 0 Å². The van der Waals surface area contributed by atoms with Gasteiger partial charge in [0, 0.05) is 33.4 Å². The Bertz CT molecular complexity index is 1420. The van der Waals surface area contributed by atoms with E-state index in [0.29, 0.717) is 0 Å². The molecule has 0 saturated carbocycles. The zero-order valence-electron chi connectivity index (χ0n) is 33.8. The molecule has 1 heterocycles. The van der Waals surface area contributed by atoms with Crippen molar-refractivity contribution in [1.82, 2.24) is 15.0 Å². The van der Waals surface area contributed by atoms with E-state index >= 15 is 0 Å². The number of hydrogen-bond acceptors (Lipinski definition) is 18. The summed E-state index contributed by atoms with van der Waals surface area (Å²) in [6, 6.07) is 0. The number of hydrogen-bond donors (Lipinski definition) is 0. The van der Waals surface area contributed by atoms with Crippen molar-refractivity contribution in [1.29, 1.82) is 0 Å². The Hall–Kier alpha value is -6.33. The van der Waals surface area contributed by atoms with Crippen LogP contribution in [0.25, 0.3) is 0 Å². The van der Waals surface area contributed by atoms with E-state index in [1.54, 1.807) is 14.7 Å². The molecule has 0 saturated heterocycles. The molecule has 1 rings (SSSR count). The third-order valence-electron chi connectivity index (χ3n) is 7.11. The van der Waals surface area contributed by atoms with Crippen molar-refractivity contribution in [2.45, 2.75) is 41.5 Å². The summed E-state index contributed by atoms with van der Waals surface area (Å²) in [4.78, 5) is 92.2. The van der Waals surface area contributed by atoms with E-state index in [0.717, 1.165) is 0 Å². The Morgan fingerprint density at radius 1 is 0.351 bits per heavy atom. The second kappa shape index (κ2) is 25.0. The highest BCUT2D eigenvalue weighted by atomic mass is 16.6. The molecule has 0 radical (unpaired) electrons. The van der Waals surface area contributed by atoms with Crippen LogP contribution in [0.15, 0.2) is 72.9 Å². The Balaban J connectivity index is 3.91. The van der Waals surface area contributed by atoms with Crippen LogP contribution in [0, 0.1) is 0 Å². The van der Waals surface area contributed by atoms with E-state index in [4.69, 9.17) is 28.4 Å². The van der Waals surface area contributed by atoms with Crippen LogP contribution in [0.4, 0.5) is 17.8 Å². The highest BCUT2D eigenvalue weighted by Crippen LogP contribution is 2.20. The SMILES string of the molecule is C=C(C)C(=O)OCCN(CCOC(=O)C(=C)C)c1nc(N(CCOC(=O)C(=C)C)CCOC(=O)C(=C)C)nc(N(CCOC(=O)C(=C)C)CCOC(=O)C(=C)C)n1. The van der Waals surface area contributed by atoms with Gasteiger partial charge in [-0.1, -0.05) is 39.5 Å². The first-order valence-corrected chi connectivity index (χ1v) is 17.7. The monoisotopic (exact) mass is 798 g/mol. The van der Waals surface area contributed by atoms with Crippen LogP contribution in [-0.2, 0) is 57.2 Å². The number of ether oxygens (including phenoxy) is 6. The molecule has 57 heavy (non-hydrogen) atoms.